The van der Waals surface area contributed by atoms with Crippen LogP contribution in [0.3, 0.4) is 0 Å². The van der Waals surface area contributed by atoms with Gasteiger partial charge in [-0.3, -0.25) is 0 Å². The summed E-state index contributed by atoms with van der Waals surface area (Å²) in [6.45, 7) is 2.15. The molecule has 0 aliphatic carbocycles. The van der Waals surface area contributed by atoms with Crippen LogP contribution in [0.4, 0.5) is 4.39 Å². The zero-order valence-electron chi connectivity index (χ0n) is 10.4. The van der Waals surface area contributed by atoms with Crippen LogP contribution in [0.1, 0.15) is 5.56 Å². The van der Waals surface area contributed by atoms with Crippen molar-refractivity contribution in [2.24, 2.45) is 0 Å². The van der Waals surface area contributed by atoms with E-state index in [1.54, 1.807) is 17.4 Å². The van der Waals surface area contributed by atoms with E-state index in [2.05, 4.69) is 22.1 Å². The van der Waals surface area contributed by atoms with Gasteiger partial charge in [0.1, 0.15) is 18.2 Å². The van der Waals surface area contributed by atoms with E-state index >= 15 is 0 Å². The van der Waals surface area contributed by atoms with Gasteiger partial charge >= 0.3 is 0 Å². The lowest BCUT2D eigenvalue weighted by molar-refractivity contribution is 0.313. The van der Waals surface area contributed by atoms with Crippen LogP contribution < -0.4 is 10.1 Å². The molecule has 0 aliphatic heterocycles. The van der Waals surface area contributed by atoms with Gasteiger partial charge in [-0.05, 0) is 47.5 Å². The summed E-state index contributed by atoms with van der Waals surface area (Å²) < 4.78 is 18.6. The van der Waals surface area contributed by atoms with Crippen molar-refractivity contribution in [2.75, 3.05) is 19.7 Å². The Kier molecular flexibility index (Phi) is 5.63. The van der Waals surface area contributed by atoms with Crippen molar-refractivity contribution in [3.05, 3.63) is 51.4 Å². The largest absolute Gasteiger partial charge is 0.492 e. The van der Waals surface area contributed by atoms with Gasteiger partial charge in [0, 0.05) is 12.6 Å². The van der Waals surface area contributed by atoms with E-state index in [1.165, 1.54) is 17.7 Å². The van der Waals surface area contributed by atoms with Gasteiger partial charge in [-0.15, -0.1) is 0 Å². The minimum Gasteiger partial charge on any atom is -0.492 e. The fourth-order valence-corrected chi connectivity index (χ4v) is 2.42. The highest BCUT2D eigenvalue weighted by Gasteiger charge is 2.01. The minimum atomic E-state index is -0.454. The summed E-state index contributed by atoms with van der Waals surface area (Å²) in [5, 5.41) is 7.62. The van der Waals surface area contributed by atoms with Gasteiger partial charge in [-0.25, -0.2) is 4.39 Å². The molecule has 5 heteroatoms. The number of halogens is 2. The first kappa shape index (κ1) is 14.3. The first-order chi connectivity index (χ1) is 9.25. The van der Waals surface area contributed by atoms with Crippen LogP contribution in [-0.2, 0) is 6.42 Å². The van der Waals surface area contributed by atoms with Gasteiger partial charge in [0.15, 0.2) is 0 Å². The molecule has 0 atom stereocenters. The van der Waals surface area contributed by atoms with Crippen molar-refractivity contribution in [1.82, 2.24) is 5.32 Å². The van der Waals surface area contributed by atoms with Crippen LogP contribution in [0, 0.1) is 5.82 Å². The first-order valence-electron chi connectivity index (χ1n) is 6.05. The van der Waals surface area contributed by atoms with E-state index in [0.29, 0.717) is 12.4 Å². The molecule has 0 unspecified atom stereocenters. The summed E-state index contributed by atoms with van der Waals surface area (Å²) in [6.07, 6.45) is 1.01. The summed E-state index contributed by atoms with van der Waals surface area (Å²) in [4.78, 5) is 0. The van der Waals surface area contributed by atoms with Crippen molar-refractivity contribution in [1.29, 1.82) is 0 Å². The van der Waals surface area contributed by atoms with Gasteiger partial charge < -0.3 is 10.1 Å². The molecule has 102 valence electrons. The summed E-state index contributed by atoms with van der Waals surface area (Å²) in [6, 6.07) is 6.58. The molecule has 1 heterocycles. The van der Waals surface area contributed by atoms with Gasteiger partial charge in [0.25, 0.3) is 0 Å². The van der Waals surface area contributed by atoms with Crippen molar-refractivity contribution in [3.8, 4) is 5.75 Å². The predicted molar refractivity (Wildman–Crippen MR) is 77.8 cm³/mol. The topological polar surface area (TPSA) is 21.3 Å². The van der Waals surface area contributed by atoms with Crippen molar-refractivity contribution in [2.45, 2.75) is 6.42 Å². The lowest BCUT2D eigenvalue weighted by Crippen LogP contribution is -2.23. The minimum absolute atomic E-state index is 0.112. The maximum atomic E-state index is 13.1. The number of thiophene rings is 1. The molecule has 2 rings (SSSR count). The van der Waals surface area contributed by atoms with Crippen LogP contribution in [0.5, 0.6) is 5.75 Å². The standard InChI is InChI=1S/C14H15ClFNOS/c15-13-2-1-12(9-14(13)16)18-7-6-17-5-3-11-4-8-19-10-11/h1-2,4,8-10,17H,3,5-7H2. The molecule has 0 radical (unpaired) electrons. The molecule has 0 bridgehead atoms. The van der Waals surface area contributed by atoms with E-state index in [1.807, 2.05) is 0 Å². The Bertz CT molecular complexity index is 504. The van der Waals surface area contributed by atoms with E-state index in [0.717, 1.165) is 19.5 Å². The lowest BCUT2D eigenvalue weighted by atomic mass is 10.2. The number of benzene rings is 1. The highest BCUT2D eigenvalue weighted by Crippen LogP contribution is 2.20. The number of ether oxygens (including phenoxy) is 1. The van der Waals surface area contributed by atoms with Crippen molar-refractivity contribution >= 4 is 22.9 Å². The maximum absolute atomic E-state index is 13.1. The highest BCUT2D eigenvalue weighted by molar-refractivity contribution is 7.07. The molecule has 0 spiro atoms. The zero-order chi connectivity index (χ0) is 13.5. The Hall–Kier alpha value is -1.10. The Morgan fingerprint density at radius 2 is 2.16 bits per heavy atom. The quantitative estimate of drug-likeness (QED) is 0.786. The molecule has 1 aromatic heterocycles. The second-order valence-electron chi connectivity index (χ2n) is 4.06. The average molecular weight is 300 g/mol. The molecule has 1 aromatic carbocycles. The molecule has 0 fully saturated rings. The van der Waals surface area contributed by atoms with Crippen LogP contribution in [0.15, 0.2) is 35.0 Å². The summed E-state index contributed by atoms with van der Waals surface area (Å²) in [7, 11) is 0. The Morgan fingerprint density at radius 3 is 2.89 bits per heavy atom. The third kappa shape index (κ3) is 4.82. The molecule has 2 aromatic rings. The lowest BCUT2D eigenvalue weighted by Gasteiger charge is -2.07. The van der Waals surface area contributed by atoms with Crippen LogP contribution in [0.25, 0.3) is 0 Å². The fourth-order valence-electron chi connectivity index (χ4n) is 1.60. The molecule has 0 saturated heterocycles. The smallest absolute Gasteiger partial charge is 0.145 e. The second-order valence-corrected chi connectivity index (χ2v) is 5.24. The number of hydrogen-bond acceptors (Lipinski definition) is 3. The monoisotopic (exact) mass is 299 g/mol. The molecule has 19 heavy (non-hydrogen) atoms. The molecule has 2 nitrogen and oxygen atoms in total. The SMILES string of the molecule is Fc1cc(OCCNCCc2ccsc2)ccc1Cl. The van der Waals surface area contributed by atoms with Crippen LogP contribution in [-0.4, -0.2) is 19.7 Å². The van der Waals surface area contributed by atoms with Crippen molar-refractivity contribution in [3.63, 3.8) is 0 Å². The predicted octanol–water partition coefficient (Wildman–Crippen LogP) is 3.75. The van der Waals surface area contributed by atoms with Crippen LogP contribution in [0.2, 0.25) is 5.02 Å². The molecule has 0 saturated carbocycles. The number of hydrogen-bond donors (Lipinski definition) is 1. The zero-order valence-corrected chi connectivity index (χ0v) is 11.9. The maximum Gasteiger partial charge on any atom is 0.145 e. The van der Waals surface area contributed by atoms with Gasteiger partial charge in [0.05, 0.1) is 5.02 Å². The Labute approximate surface area is 121 Å². The van der Waals surface area contributed by atoms with E-state index in [4.69, 9.17) is 16.3 Å². The third-order valence-corrected chi connectivity index (χ3v) is 3.65. The Balaban J connectivity index is 1.60. The van der Waals surface area contributed by atoms with Crippen molar-refractivity contribution < 1.29 is 9.13 Å². The first-order valence-corrected chi connectivity index (χ1v) is 7.37. The number of rotatable bonds is 7. The summed E-state index contributed by atoms with van der Waals surface area (Å²) >= 11 is 7.30. The second kappa shape index (κ2) is 7.48. The molecule has 0 aliphatic rings. The summed E-state index contributed by atoms with van der Waals surface area (Å²) in [5.41, 5.74) is 1.35. The highest BCUT2D eigenvalue weighted by atomic mass is 35.5. The van der Waals surface area contributed by atoms with Crippen LogP contribution >= 0.6 is 22.9 Å². The van der Waals surface area contributed by atoms with E-state index in [9.17, 15) is 4.39 Å². The van der Waals surface area contributed by atoms with Gasteiger partial charge in [-0.1, -0.05) is 11.6 Å². The Morgan fingerprint density at radius 1 is 1.26 bits per heavy atom. The van der Waals surface area contributed by atoms with E-state index in [-0.39, 0.29) is 5.02 Å². The normalized spacial score (nSPS) is 10.6. The van der Waals surface area contributed by atoms with E-state index < -0.39 is 5.82 Å². The molecule has 1 N–H and O–H groups in total. The third-order valence-electron chi connectivity index (χ3n) is 2.61. The number of nitrogens with one attached hydrogen (secondary N) is 1. The average Bonchev–Trinajstić information content (AvgIpc) is 2.91. The van der Waals surface area contributed by atoms with Gasteiger partial charge in [0.2, 0.25) is 0 Å². The summed E-state index contributed by atoms with van der Waals surface area (Å²) in [5.74, 6) is 0.0473. The molecular weight excluding hydrogens is 285 g/mol. The molecular formula is C14H15ClFNOS. The molecule has 0 amide bonds. The van der Waals surface area contributed by atoms with Gasteiger partial charge in [-0.2, -0.15) is 11.3 Å². The fraction of sp³-hybridized carbons (Fsp3) is 0.286.